The molecule has 2 saturated carbocycles. The molecule has 0 aliphatic heterocycles. The Hall–Kier alpha value is -2.31. The van der Waals surface area contributed by atoms with E-state index in [1.165, 1.54) is 0 Å². The maximum atomic E-state index is 14.0. The van der Waals surface area contributed by atoms with E-state index in [2.05, 4.69) is 0 Å². The SMILES string of the molecule is O=C(C[C@H](c1cc(F)c(F)c(F)c1)C1CCCC1)C[C@@H](c1cc(F)c(F)c(F)c1)C1CCCC1. The minimum Gasteiger partial charge on any atom is -0.300 e. The van der Waals surface area contributed by atoms with Crippen LogP contribution in [0.25, 0.3) is 0 Å². The molecule has 0 amide bonds. The van der Waals surface area contributed by atoms with E-state index in [9.17, 15) is 31.1 Å². The Bertz CT molecular complexity index is 912. The number of rotatable bonds is 8. The van der Waals surface area contributed by atoms with Crippen molar-refractivity contribution in [3.8, 4) is 0 Å². The van der Waals surface area contributed by atoms with E-state index in [0.29, 0.717) is 0 Å². The first-order valence-corrected chi connectivity index (χ1v) is 12.0. The fraction of sp³-hybridized carbons (Fsp3) is 0.519. The molecule has 0 bridgehead atoms. The smallest absolute Gasteiger partial charge is 0.194 e. The number of halogens is 6. The lowest BCUT2D eigenvalue weighted by atomic mass is 9.77. The number of ketones is 1. The fourth-order valence-electron chi connectivity index (χ4n) is 5.99. The van der Waals surface area contributed by atoms with Gasteiger partial charge in [0.2, 0.25) is 0 Å². The van der Waals surface area contributed by atoms with E-state index in [0.717, 1.165) is 75.6 Å². The first kappa shape index (κ1) is 24.8. The Kier molecular flexibility index (Phi) is 7.68. The van der Waals surface area contributed by atoms with Crippen molar-refractivity contribution in [2.75, 3.05) is 0 Å². The maximum Gasteiger partial charge on any atom is 0.194 e. The van der Waals surface area contributed by atoms with E-state index in [1.54, 1.807) is 0 Å². The predicted octanol–water partition coefficient (Wildman–Crippen LogP) is 8.12. The zero-order valence-electron chi connectivity index (χ0n) is 18.9. The lowest BCUT2D eigenvalue weighted by Gasteiger charge is -2.27. The molecule has 0 unspecified atom stereocenters. The van der Waals surface area contributed by atoms with Gasteiger partial charge in [-0.2, -0.15) is 0 Å². The van der Waals surface area contributed by atoms with Gasteiger partial charge in [-0.1, -0.05) is 25.7 Å². The van der Waals surface area contributed by atoms with Crippen molar-refractivity contribution < 1.29 is 31.1 Å². The molecule has 2 aromatic carbocycles. The van der Waals surface area contributed by atoms with Crippen molar-refractivity contribution in [1.29, 1.82) is 0 Å². The molecule has 2 aromatic rings. The minimum atomic E-state index is -1.54. The van der Waals surface area contributed by atoms with Crippen molar-refractivity contribution in [2.45, 2.75) is 76.0 Å². The van der Waals surface area contributed by atoms with Crippen LogP contribution in [0.3, 0.4) is 0 Å². The van der Waals surface area contributed by atoms with Gasteiger partial charge >= 0.3 is 0 Å². The third-order valence-corrected chi connectivity index (χ3v) is 7.70. The van der Waals surface area contributed by atoms with Gasteiger partial charge in [0.05, 0.1) is 0 Å². The summed E-state index contributed by atoms with van der Waals surface area (Å²) in [5.41, 5.74) is 0.515. The van der Waals surface area contributed by atoms with Gasteiger partial charge in [-0.25, -0.2) is 26.3 Å². The molecule has 1 nitrogen and oxygen atoms in total. The highest BCUT2D eigenvalue weighted by Crippen LogP contribution is 2.43. The summed E-state index contributed by atoms with van der Waals surface area (Å²) in [6, 6.07) is 3.86. The van der Waals surface area contributed by atoms with Crippen LogP contribution in [0, 0.1) is 46.7 Å². The Labute approximate surface area is 195 Å². The van der Waals surface area contributed by atoms with Crippen molar-refractivity contribution in [3.63, 3.8) is 0 Å². The fourth-order valence-corrected chi connectivity index (χ4v) is 5.99. The standard InChI is InChI=1S/C27H28F6O/c28-22-9-17(10-23(29)26(22)32)20(15-5-1-2-6-15)13-19(34)14-21(16-7-3-4-8-16)18-11-24(30)27(33)25(31)12-18/h9-12,15-16,20-21H,1-8,13-14H2/t20-,21+. The van der Waals surface area contributed by atoms with Crippen LogP contribution in [0.5, 0.6) is 0 Å². The molecular weight excluding hydrogens is 454 g/mol. The van der Waals surface area contributed by atoms with Gasteiger partial charge in [0.25, 0.3) is 0 Å². The van der Waals surface area contributed by atoms with E-state index < -0.39 is 46.7 Å². The number of benzene rings is 2. The summed E-state index contributed by atoms with van der Waals surface area (Å²) in [4.78, 5) is 13.3. The monoisotopic (exact) mass is 482 g/mol. The van der Waals surface area contributed by atoms with Crippen LogP contribution >= 0.6 is 0 Å². The van der Waals surface area contributed by atoms with Crippen molar-refractivity contribution in [2.24, 2.45) is 11.8 Å². The normalized spacial score (nSPS) is 19.0. The molecule has 0 radical (unpaired) electrons. The lowest BCUT2D eigenvalue weighted by Crippen LogP contribution is -2.20. The molecule has 0 spiro atoms. The third kappa shape index (κ3) is 5.33. The molecule has 4 rings (SSSR count). The molecule has 34 heavy (non-hydrogen) atoms. The molecule has 0 aromatic heterocycles. The number of hydrogen-bond donors (Lipinski definition) is 0. The molecule has 2 fully saturated rings. The molecule has 2 atom stereocenters. The van der Waals surface area contributed by atoms with Gasteiger partial charge in [0, 0.05) is 12.8 Å². The van der Waals surface area contributed by atoms with E-state index in [4.69, 9.17) is 0 Å². The summed E-state index contributed by atoms with van der Waals surface area (Å²) in [6.45, 7) is 0. The molecular formula is C27H28F6O. The third-order valence-electron chi connectivity index (χ3n) is 7.70. The summed E-state index contributed by atoms with van der Waals surface area (Å²) >= 11 is 0. The Morgan fingerprint density at radius 3 is 1.21 bits per heavy atom. The predicted molar refractivity (Wildman–Crippen MR) is 116 cm³/mol. The number of hydrogen-bond acceptors (Lipinski definition) is 1. The second kappa shape index (κ2) is 10.5. The van der Waals surface area contributed by atoms with Crippen LogP contribution in [0.2, 0.25) is 0 Å². The second-order valence-corrected chi connectivity index (χ2v) is 9.85. The number of carbonyl (C=O) groups excluding carboxylic acids is 1. The average molecular weight is 483 g/mol. The van der Waals surface area contributed by atoms with Crippen LogP contribution in [0.15, 0.2) is 24.3 Å². The molecule has 2 aliphatic rings. The molecule has 2 aliphatic carbocycles. The number of carbonyl (C=O) groups is 1. The average Bonchev–Trinajstić information content (AvgIpc) is 3.52. The van der Waals surface area contributed by atoms with Crippen molar-refractivity contribution in [1.82, 2.24) is 0 Å². The number of Topliss-reactive ketones (excluding diaryl/α,β-unsaturated/α-hetero) is 1. The second-order valence-electron chi connectivity index (χ2n) is 9.85. The van der Waals surface area contributed by atoms with E-state index >= 15 is 0 Å². The van der Waals surface area contributed by atoms with Crippen molar-refractivity contribution in [3.05, 3.63) is 70.3 Å². The topological polar surface area (TPSA) is 17.1 Å². The summed E-state index contributed by atoms with van der Waals surface area (Å²) in [7, 11) is 0. The van der Waals surface area contributed by atoms with Gasteiger partial charge in [-0.3, -0.25) is 4.79 Å². The highest BCUT2D eigenvalue weighted by Gasteiger charge is 2.33. The molecule has 0 saturated heterocycles. The maximum absolute atomic E-state index is 14.0. The highest BCUT2D eigenvalue weighted by atomic mass is 19.2. The Balaban J connectivity index is 1.59. The van der Waals surface area contributed by atoms with Crippen LogP contribution in [0.1, 0.15) is 87.2 Å². The van der Waals surface area contributed by atoms with Crippen molar-refractivity contribution >= 4 is 5.78 Å². The molecule has 7 heteroatoms. The van der Waals surface area contributed by atoms with Crippen LogP contribution in [-0.4, -0.2) is 5.78 Å². The summed E-state index contributed by atoms with van der Waals surface area (Å²) in [6.07, 6.45) is 7.01. The van der Waals surface area contributed by atoms with Gasteiger partial charge in [0.1, 0.15) is 5.78 Å². The zero-order chi connectivity index (χ0) is 24.4. The van der Waals surface area contributed by atoms with Gasteiger partial charge in [0.15, 0.2) is 34.9 Å². The zero-order valence-corrected chi connectivity index (χ0v) is 18.9. The van der Waals surface area contributed by atoms with Crippen LogP contribution in [-0.2, 0) is 4.79 Å². The largest absolute Gasteiger partial charge is 0.300 e. The van der Waals surface area contributed by atoms with Gasteiger partial charge in [-0.05, 0) is 84.7 Å². The summed E-state index contributed by atoms with van der Waals surface area (Å²) < 4.78 is 82.9. The Morgan fingerprint density at radius 2 is 0.912 bits per heavy atom. The summed E-state index contributed by atoms with van der Waals surface area (Å²) in [5.74, 6) is -9.27. The Morgan fingerprint density at radius 1 is 0.618 bits per heavy atom. The van der Waals surface area contributed by atoms with E-state index in [1.807, 2.05) is 0 Å². The van der Waals surface area contributed by atoms with Crippen LogP contribution in [0.4, 0.5) is 26.3 Å². The molecule has 0 N–H and O–H groups in total. The van der Waals surface area contributed by atoms with E-state index in [-0.39, 0.29) is 41.6 Å². The van der Waals surface area contributed by atoms with Gasteiger partial charge < -0.3 is 0 Å². The molecule has 184 valence electrons. The quantitative estimate of drug-likeness (QED) is 0.274. The minimum absolute atomic E-state index is 0.00452. The first-order valence-electron chi connectivity index (χ1n) is 12.0. The highest BCUT2D eigenvalue weighted by molar-refractivity contribution is 5.80. The molecule has 0 heterocycles. The van der Waals surface area contributed by atoms with Crippen LogP contribution < -0.4 is 0 Å². The van der Waals surface area contributed by atoms with Gasteiger partial charge in [-0.15, -0.1) is 0 Å². The first-order chi connectivity index (χ1) is 16.2. The lowest BCUT2D eigenvalue weighted by molar-refractivity contribution is -0.120. The summed E-state index contributed by atoms with van der Waals surface area (Å²) in [5, 5.41) is 0.